The highest BCUT2D eigenvalue weighted by Crippen LogP contribution is 2.29. The maximum absolute atomic E-state index is 14.2. The second-order valence-electron chi connectivity index (χ2n) is 9.00. The van der Waals surface area contributed by atoms with E-state index in [1.165, 1.54) is 42.6 Å². The van der Waals surface area contributed by atoms with Crippen LogP contribution in [-0.4, -0.2) is 21.8 Å². The van der Waals surface area contributed by atoms with Crippen LogP contribution in [0.3, 0.4) is 0 Å². The number of benzene rings is 3. The summed E-state index contributed by atoms with van der Waals surface area (Å²) in [4.78, 5) is 44.5. The molecule has 7 nitrogen and oxygen atoms in total. The SMILES string of the molecule is NC(=O)c1cc(-c2cccnc2C(=Cc2cccc(F)c2)NC(=O)Cc2cc(=O)[nH]c3ccccc23)ccc1F. The molecule has 0 saturated heterocycles. The summed E-state index contributed by atoms with van der Waals surface area (Å²) in [5, 5.41) is 3.57. The predicted octanol–water partition coefficient (Wildman–Crippen LogP) is 4.82. The van der Waals surface area contributed by atoms with Crippen LogP contribution >= 0.6 is 0 Å². The fourth-order valence-electron chi connectivity index (χ4n) is 4.45. The second-order valence-corrected chi connectivity index (χ2v) is 9.00. The smallest absolute Gasteiger partial charge is 0.251 e. The fourth-order valence-corrected chi connectivity index (χ4v) is 4.45. The summed E-state index contributed by atoms with van der Waals surface area (Å²) in [5.41, 5.74) is 7.68. The molecule has 4 N–H and O–H groups in total. The van der Waals surface area contributed by atoms with Crippen molar-refractivity contribution in [1.29, 1.82) is 0 Å². The molecule has 0 aliphatic carbocycles. The number of nitrogens with two attached hydrogens (primary N) is 1. The van der Waals surface area contributed by atoms with Gasteiger partial charge < -0.3 is 16.0 Å². The van der Waals surface area contributed by atoms with E-state index in [0.717, 1.165) is 11.5 Å². The fraction of sp³-hybridized carbons (Fsp3) is 0.0323. The number of primary amides is 1. The van der Waals surface area contributed by atoms with Gasteiger partial charge in [-0.15, -0.1) is 0 Å². The first-order valence-electron chi connectivity index (χ1n) is 12.2. The molecule has 2 amide bonds. The van der Waals surface area contributed by atoms with E-state index in [1.54, 1.807) is 48.5 Å². The minimum atomic E-state index is -0.932. The van der Waals surface area contributed by atoms with Gasteiger partial charge in [0.1, 0.15) is 11.6 Å². The number of nitrogens with zero attached hydrogens (tertiary/aromatic N) is 1. The molecule has 0 aliphatic rings. The standard InChI is InChI=1S/C31H22F2N4O3/c32-21-6-3-5-18(13-21)14-27(37-29(39)17-20-16-28(38)36-26-9-2-1-7-22(20)26)30-23(8-4-12-35-30)19-10-11-25(33)24(15-19)31(34)40/h1-16H,17H2,(H2,34,40)(H,36,38)(H,37,39). The van der Waals surface area contributed by atoms with E-state index < -0.39 is 23.4 Å². The molecule has 9 heteroatoms. The summed E-state index contributed by atoms with van der Waals surface area (Å²) in [6.45, 7) is 0. The van der Waals surface area contributed by atoms with E-state index in [1.807, 2.05) is 0 Å². The molecule has 0 bridgehead atoms. The lowest BCUT2D eigenvalue weighted by Crippen LogP contribution is -2.25. The molecular weight excluding hydrogens is 514 g/mol. The van der Waals surface area contributed by atoms with Gasteiger partial charge in [-0.3, -0.25) is 19.4 Å². The molecule has 2 heterocycles. The van der Waals surface area contributed by atoms with Crippen molar-refractivity contribution in [2.24, 2.45) is 5.73 Å². The Morgan fingerprint density at radius 3 is 2.58 bits per heavy atom. The largest absolute Gasteiger partial charge is 0.366 e. The Kier molecular flexibility index (Phi) is 7.28. The van der Waals surface area contributed by atoms with Crippen LogP contribution in [0.5, 0.6) is 0 Å². The third-order valence-electron chi connectivity index (χ3n) is 6.23. The van der Waals surface area contributed by atoms with E-state index in [9.17, 15) is 23.2 Å². The Morgan fingerprint density at radius 1 is 0.950 bits per heavy atom. The van der Waals surface area contributed by atoms with Gasteiger partial charge >= 0.3 is 0 Å². The highest BCUT2D eigenvalue weighted by atomic mass is 19.1. The summed E-state index contributed by atoms with van der Waals surface area (Å²) in [5.74, 6) is -2.62. The molecule has 3 aromatic carbocycles. The van der Waals surface area contributed by atoms with E-state index in [2.05, 4.69) is 15.3 Å². The number of hydrogen-bond acceptors (Lipinski definition) is 4. The number of fused-ring (bicyclic) bond motifs is 1. The Bertz CT molecular complexity index is 1860. The Labute approximate surface area is 227 Å². The first-order valence-corrected chi connectivity index (χ1v) is 12.2. The first kappa shape index (κ1) is 26.2. The molecule has 0 radical (unpaired) electrons. The number of nitrogens with one attached hydrogen (secondary N) is 2. The minimum Gasteiger partial charge on any atom is -0.366 e. The zero-order valence-corrected chi connectivity index (χ0v) is 20.9. The Hall–Kier alpha value is -5.44. The highest BCUT2D eigenvalue weighted by molar-refractivity contribution is 5.98. The van der Waals surface area contributed by atoms with Crippen LogP contribution < -0.4 is 16.6 Å². The van der Waals surface area contributed by atoms with Crippen molar-refractivity contribution in [1.82, 2.24) is 15.3 Å². The second kappa shape index (κ2) is 11.1. The number of amides is 2. The van der Waals surface area contributed by atoms with Gasteiger partial charge in [-0.1, -0.05) is 42.5 Å². The number of carbonyl (C=O) groups excluding carboxylic acids is 2. The molecule has 0 fully saturated rings. The number of hydrogen-bond donors (Lipinski definition) is 3. The monoisotopic (exact) mass is 536 g/mol. The Balaban J connectivity index is 1.58. The molecule has 5 aromatic rings. The van der Waals surface area contributed by atoms with Crippen LogP contribution in [0.25, 0.3) is 33.8 Å². The minimum absolute atomic E-state index is 0.130. The van der Waals surface area contributed by atoms with Gasteiger partial charge in [0.25, 0.3) is 5.91 Å². The molecular formula is C31H22F2N4O3. The van der Waals surface area contributed by atoms with Crippen LogP contribution in [0.1, 0.15) is 27.2 Å². The van der Waals surface area contributed by atoms with E-state index in [-0.39, 0.29) is 28.9 Å². The molecule has 5 rings (SSSR count). The van der Waals surface area contributed by atoms with Crippen molar-refractivity contribution >= 4 is 34.5 Å². The van der Waals surface area contributed by atoms with Crippen molar-refractivity contribution < 1.29 is 18.4 Å². The zero-order valence-electron chi connectivity index (χ0n) is 20.9. The molecule has 0 aliphatic heterocycles. The van der Waals surface area contributed by atoms with Gasteiger partial charge in [0.15, 0.2) is 0 Å². The maximum atomic E-state index is 14.2. The summed E-state index contributed by atoms with van der Waals surface area (Å²) in [6.07, 6.45) is 2.93. The highest BCUT2D eigenvalue weighted by Gasteiger charge is 2.18. The number of pyridine rings is 2. The number of H-pyrrole nitrogens is 1. The van der Waals surface area contributed by atoms with Gasteiger partial charge in [-0.2, -0.15) is 0 Å². The van der Waals surface area contributed by atoms with E-state index in [0.29, 0.717) is 27.8 Å². The van der Waals surface area contributed by atoms with Crippen molar-refractivity contribution in [3.63, 3.8) is 0 Å². The molecule has 0 atom stereocenters. The zero-order chi connectivity index (χ0) is 28.2. The van der Waals surface area contributed by atoms with Gasteiger partial charge in [-0.05, 0) is 59.2 Å². The maximum Gasteiger partial charge on any atom is 0.251 e. The molecule has 2 aromatic heterocycles. The lowest BCUT2D eigenvalue weighted by molar-refractivity contribution is -0.119. The number of rotatable bonds is 7. The molecule has 0 spiro atoms. The van der Waals surface area contributed by atoms with Crippen LogP contribution in [0.15, 0.2) is 95.9 Å². The van der Waals surface area contributed by atoms with Crippen LogP contribution in [-0.2, 0) is 11.2 Å². The van der Waals surface area contributed by atoms with E-state index in [4.69, 9.17) is 5.73 Å². The van der Waals surface area contributed by atoms with Gasteiger partial charge in [0.2, 0.25) is 11.5 Å². The van der Waals surface area contributed by atoms with Crippen molar-refractivity contribution in [2.45, 2.75) is 6.42 Å². The summed E-state index contributed by atoms with van der Waals surface area (Å²) in [6, 6.07) is 21.5. The quantitative estimate of drug-likeness (QED) is 0.276. The molecule has 198 valence electrons. The Morgan fingerprint density at radius 2 is 1.77 bits per heavy atom. The topological polar surface area (TPSA) is 118 Å². The van der Waals surface area contributed by atoms with Gasteiger partial charge in [-0.25, -0.2) is 8.78 Å². The molecule has 40 heavy (non-hydrogen) atoms. The number of aromatic amines is 1. The van der Waals surface area contributed by atoms with Crippen molar-refractivity contribution in [2.75, 3.05) is 0 Å². The van der Waals surface area contributed by atoms with Crippen LogP contribution in [0.2, 0.25) is 0 Å². The third kappa shape index (κ3) is 5.68. The van der Waals surface area contributed by atoms with Crippen LogP contribution in [0, 0.1) is 11.6 Å². The summed E-state index contributed by atoms with van der Waals surface area (Å²) < 4.78 is 28.2. The van der Waals surface area contributed by atoms with Crippen molar-refractivity contribution in [3.05, 3.63) is 135 Å². The van der Waals surface area contributed by atoms with E-state index >= 15 is 0 Å². The van der Waals surface area contributed by atoms with Crippen molar-refractivity contribution in [3.8, 4) is 11.1 Å². The lowest BCUT2D eigenvalue weighted by atomic mass is 9.98. The first-order chi connectivity index (χ1) is 19.3. The van der Waals surface area contributed by atoms with Gasteiger partial charge in [0, 0.05) is 28.7 Å². The molecule has 0 saturated carbocycles. The number of halogens is 2. The average molecular weight is 537 g/mol. The number of para-hydroxylation sites is 1. The number of carbonyl (C=O) groups is 2. The van der Waals surface area contributed by atoms with Crippen LogP contribution in [0.4, 0.5) is 8.78 Å². The average Bonchev–Trinajstić information content (AvgIpc) is 2.93. The summed E-state index contributed by atoms with van der Waals surface area (Å²) in [7, 11) is 0. The predicted molar refractivity (Wildman–Crippen MR) is 149 cm³/mol. The number of aromatic nitrogens is 2. The third-order valence-corrected chi connectivity index (χ3v) is 6.23. The normalized spacial score (nSPS) is 11.4. The van der Waals surface area contributed by atoms with Gasteiger partial charge in [0.05, 0.1) is 23.4 Å². The lowest BCUT2D eigenvalue weighted by Gasteiger charge is -2.15. The molecule has 0 unspecified atom stereocenters. The summed E-state index contributed by atoms with van der Waals surface area (Å²) >= 11 is 0.